The minimum Gasteiger partial charge on any atom is -0.234 e. The molecule has 0 saturated carbocycles. The van der Waals surface area contributed by atoms with Crippen molar-refractivity contribution in [3.05, 3.63) is 0 Å². The Morgan fingerprint density at radius 1 is 1.10 bits per heavy atom. The Kier molecular flexibility index (Phi) is 2.68. The van der Waals surface area contributed by atoms with Gasteiger partial charge in [0, 0.05) is 0 Å². The predicted molar refractivity (Wildman–Crippen MR) is 30.5 cm³/mol. The standard InChI is InChI=1S/C6H10F4/c1-3-4-5(2,7)6(8,9)10/h3-4H2,1-2H3. The quantitative estimate of drug-likeness (QED) is 0.542. The number of alkyl halides is 4. The fraction of sp³-hybridized carbons (Fsp3) is 1.00. The topological polar surface area (TPSA) is 0 Å². The lowest BCUT2D eigenvalue weighted by Gasteiger charge is -2.22. The Balaban J connectivity index is 4.10. The summed E-state index contributed by atoms with van der Waals surface area (Å²) in [5.74, 6) is 0. The van der Waals surface area contributed by atoms with Crippen molar-refractivity contribution in [2.24, 2.45) is 0 Å². The minimum absolute atomic E-state index is 0.201. The summed E-state index contributed by atoms with van der Waals surface area (Å²) >= 11 is 0. The molecule has 0 spiro atoms. The van der Waals surface area contributed by atoms with Crippen molar-refractivity contribution in [1.29, 1.82) is 0 Å². The zero-order valence-electron chi connectivity index (χ0n) is 5.93. The molecule has 0 radical (unpaired) electrons. The van der Waals surface area contributed by atoms with E-state index >= 15 is 0 Å². The average molecular weight is 158 g/mol. The number of hydrogen-bond donors (Lipinski definition) is 0. The maximum Gasteiger partial charge on any atom is 0.422 e. The lowest BCUT2D eigenvalue weighted by atomic mass is 10.0. The van der Waals surface area contributed by atoms with Crippen LogP contribution in [0.15, 0.2) is 0 Å². The summed E-state index contributed by atoms with van der Waals surface area (Å²) in [6.45, 7) is 2.08. The first kappa shape index (κ1) is 9.72. The van der Waals surface area contributed by atoms with Gasteiger partial charge >= 0.3 is 6.18 Å². The van der Waals surface area contributed by atoms with Gasteiger partial charge in [0.1, 0.15) is 0 Å². The third kappa shape index (κ3) is 2.15. The van der Waals surface area contributed by atoms with Crippen LogP contribution in [0.1, 0.15) is 26.7 Å². The summed E-state index contributed by atoms with van der Waals surface area (Å²) in [6.07, 6.45) is -4.98. The van der Waals surface area contributed by atoms with Crippen molar-refractivity contribution in [2.75, 3.05) is 0 Å². The van der Waals surface area contributed by atoms with Gasteiger partial charge in [0.15, 0.2) is 0 Å². The molecule has 10 heavy (non-hydrogen) atoms. The first-order valence-corrected chi connectivity index (χ1v) is 3.07. The van der Waals surface area contributed by atoms with Crippen LogP contribution in [0.5, 0.6) is 0 Å². The Labute approximate surface area is 57.2 Å². The van der Waals surface area contributed by atoms with Crippen LogP contribution < -0.4 is 0 Å². The minimum atomic E-state index is -4.72. The third-order valence-corrected chi connectivity index (χ3v) is 1.31. The van der Waals surface area contributed by atoms with Crippen LogP contribution in [0, 0.1) is 0 Å². The molecule has 0 aliphatic heterocycles. The van der Waals surface area contributed by atoms with Crippen molar-refractivity contribution in [2.45, 2.75) is 38.5 Å². The molecule has 0 bridgehead atoms. The van der Waals surface area contributed by atoms with Gasteiger partial charge in [0.2, 0.25) is 5.67 Å². The summed E-state index contributed by atoms with van der Waals surface area (Å²) in [5.41, 5.74) is -3.01. The van der Waals surface area contributed by atoms with Gasteiger partial charge in [0.25, 0.3) is 0 Å². The molecular formula is C6H10F4. The summed E-state index contributed by atoms with van der Waals surface area (Å²) in [7, 11) is 0. The average Bonchev–Trinajstić information content (AvgIpc) is 1.61. The molecule has 0 nitrogen and oxygen atoms in total. The van der Waals surface area contributed by atoms with Gasteiger partial charge in [-0.25, -0.2) is 4.39 Å². The number of rotatable bonds is 2. The number of hydrogen-bond acceptors (Lipinski definition) is 0. The van der Waals surface area contributed by atoms with E-state index in [1.807, 2.05) is 0 Å². The second-order valence-electron chi connectivity index (χ2n) is 2.45. The maximum absolute atomic E-state index is 12.5. The van der Waals surface area contributed by atoms with E-state index in [4.69, 9.17) is 0 Å². The molecule has 0 aromatic carbocycles. The van der Waals surface area contributed by atoms with Crippen LogP contribution in [0.25, 0.3) is 0 Å². The second kappa shape index (κ2) is 2.76. The van der Waals surface area contributed by atoms with Crippen LogP contribution in [-0.2, 0) is 0 Å². The SMILES string of the molecule is CCCC(C)(F)C(F)(F)F. The molecule has 1 atom stereocenters. The van der Waals surface area contributed by atoms with E-state index in [2.05, 4.69) is 0 Å². The summed E-state index contributed by atoms with van der Waals surface area (Å²) in [4.78, 5) is 0. The predicted octanol–water partition coefficient (Wildman–Crippen LogP) is 3.08. The normalized spacial score (nSPS) is 18.6. The van der Waals surface area contributed by atoms with Crippen molar-refractivity contribution in [3.63, 3.8) is 0 Å². The highest BCUT2D eigenvalue weighted by molar-refractivity contribution is 4.80. The molecule has 0 aromatic heterocycles. The monoisotopic (exact) mass is 158 g/mol. The molecule has 0 heterocycles. The smallest absolute Gasteiger partial charge is 0.234 e. The highest BCUT2D eigenvalue weighted by atomic mass is 19.4. The molecule has 0 N–H and O–H groups in total. The molecular weight excluding hydrogens is 148 g/mol. The van der Waals surface area contributed by atoms with E-state index in [1.54, 1.807) is 0 Å². The van der Waals surface area contributed by atoms with E-state index < -0.39 is 18.3 Å². The Bertz CT molecular complexity index is 103. The second-order valence-corrected chi connectivity index (χ2v) is 2.45. The van der Waals surface area contributed by atoms with Gasteiger partial charge in [-0.15, -0.1) is 0 Å². The van der Waals surface area contributed by atoms with Crippen LogP contribution in [0.2, 0.25) is 0 Å². The van der Waals surface area contributed by atoms with Gasteiger partial charge in [-0.2, -0.15) is 13.2 Å². The lowest BCUT2D eigenvalue weighted by Crippen LogP contribution is -2.37. The molecule has 0 aromatic rings. The third-order valence-electron chi connectivity index (χ3n) is 1.31. The summed E-state index contributed by atoms with van der Waals surface area (Å²) in [6, 6.07) is 0. The first-order valence-electron chi connectivity index (χ1n) is 3.07. The fourth-order valence-corrected chi connectivity index (χ4v) is 0.611. The van der Waals surface area contributed by atoms with Gasteiger partial charge in [0.05, 0.1) is 0 Å². The Morgan fingerprint density at radius 3 is 1.60 bits per heavy atom. The van der Waals surface area contributed by atoms with Crippen molar-refractivity contribution < 1.29 is 17.6 Å². The molecule has 4 heteroatoms. The fourth-order valence-electron chi connectivity index (χ4n) is 0.611. The van der Waals surface area contributed by atoms with Crippen LogP contribution in [-0.4, -0.2) is 11.8 Å². The van der Waals surface area contributed by atoms with Crippen LogP contribution >= 0.6 is 0 Å². The Hall–Kier alpha value is -0.280. The van der Waals surface area contributed by atoms with Crippen molar-refractivity contribution >= 4 is 0 Å². The number of halogens is 4. The summed E-state index contributed by atoms with van der Waals surface area (Å²) in [5, 5.41) is 0. The molecule has 62 valence electrons. The molecule has 0 aliphatic rings. The van der Waals surface area contributed by atoms with E-state index in [0.717, 1.165) is 0 Å². The van der Waals surface area contributed by atoms with Crippen LogP contribution in [0.4, 0.5) is 17.6 Å². The zero-order valence-corrected chi connectivity index (χ0v) is 5.93. The lowest BCUT2D eigenvalue weighted by molar-refractivity contribution is -0.225. The van der Waals surface area contributed by atoms with Crippen LogP contribution in [0.3, 0.4) is 0 Å². The largest absolute Gasteiger partial charge is 0.422 e. The van der Waals surface area contributed by atoms with Crippen molar-refractivity contribution in [3.8, 4) is 0 Å². The molecule has 0 rings (SSSR count). The van der Waals surface area contributed by atoms with Gasteiger partial charge in [-0.05, 0) is 13.3 Å². The zero-order chi connectivity index (χ0) is 8.41. The van der Waals surface area contributed by atoms with E-state index in [-0.39, 0.29) is 6.42 Å². The van der Waals surface area contributed by atoms with E-state index in [0.29, 0.717) is 6.92 Å². The van der Waals surface area contributed by atoms with Gasteiger partial charge in [-0.3, -0.25) is 0 Å². The maximum atomic E-state index is 12.5. The molecule has 1 unspecified atom stereocenters. The van der Waals surface area contributed by atoms with Gasteiger partial charge < -0.3 is 0 Å². The van der Waals surface area contributed by atoms with Gasteiger partial charge in [-0.1, -0.05) is 13.3 Å². The van der Waals surface area contributed by atoms with E-state index in [1.165, 1.54) is 6.92 Å². The molecule has 0 aliphatic carbocycles. The summed E-state index contributed by atoms with van der Waals surface area (Å²) < 4.78 is 47.4. The van der Waals surface area contributed by atoms with Crippen molar-refractivity contribution in [1.82, 2.24) is 0 Å². The molecule has 0 saturated heterocycles. The molecule has 0 amide bonds. The highest BCUT2D eigenvalue weighted by Gasteiger charge is 2.50. The molecule has 0 fully saturated rings. The van der Waals surface area contributed by atoms with E-state index in [9.17, 15) is 17.6 Å². The highest BCUT2D eigenvalue weighted by Crippen LogP contribution is 2.36. The Morgan fingerprint density at radius 2 is 1.50 bits per heavy atom. The first-order chi connectivity index (χ1) is 4.31.